The molecule has 2 heterocycles. The summed E-state index contributed by atoms with van der Waals surface area (Å²) in [7, 11) is 0. The third-order valence-corrected chi connectivity index (χ3v) is 6.21. The van der Waals surface area contributed by atoms with Gasteiger partial charge in [-0.25, -0.2) is 5.84 Å². The van der Waals surface area contributed by atoms with E-state index in [1.807, 2.05) is 40.7 Å². The number of nitrogens with one attached hydrogen (secondary N) is 2. The van der Waals surface area contributed by atoms with Crippen LogP contribution in [0.4, 0.5) is 17.1 Å². The Bertz CT molecular complexity index is 1290. The van der Waals surface area contributed by atoms with E-state index in [-0.39, 0.29) is 29.4 Å². The summed E-state index contributed by atoms with van der Waals surface area (Å²) >= 11 is 6.22. The smallest absolute Gasteiger partial charge is 0.270 e. The van der Waals surface area contributed by atoms with Gasteiger partial charge in [0.15, 0.2) is 0 Å². The number of hydrogen-bond donors (Lipinski definition) is 3. The SMILES string of the molecule is Cc1cc(C(Nc2c(Nc3ccc(Cl)c4c3C(=O)N(N)C4)c(=O)c2=O)C(C)(C)C)oc1C. The molecule has 4 rings (SSSR count). The first-order valence-electron chi connectivity index (χ1n) is 10.2. The van der Waals surface area contributed by atoms with Gasteiger partial charge >= 0.3 is 0 Å². The van der Waals surface area contributed by atoms with Crippen LogP contribution in [0, 0.1) is 19.3 Å². The number of amides is 1. The maximum atomic E-state index is 12.5. The molecule has 3 aromatic rings. The zero-order chi connectivity index (χ0) is 23.5. The summed E-state index contributed by atoms with van der Waals surface area (Å²) in [6, 6.07) is 4.78. The summed E-state index contributed by atoms with van der Waals surface area (Å²) in [6.07, 6.45) is 0. The maximum Gasteiger partial charge on any atom is 0.270 e. The molecule has 4 N–H and O–H groups in total. The molecule has 1 aliphatic heterocycles. The van der Waals surface area contributed by atoms with E-state index < -0.39 is 16.8 Å². The fourth-order valence-corrected chi connectivity index (χ4v) is 4.11. The van der Waals surface area contributed by atoms with Crippen LogP contribution in [-0.2, 0) is 6.54 Å². The van der Waals surface area contributed by atoms with Crippen LogP contribution in [0.5, 0.6) is 0 Å². The molecule has 1 aromatic heterocycles. The Hall–Kier alpha value is -3.10. The monoisotopic (exact) mass is 456 g/mol. The second-order valence-corrected chi connectivity index (χ2v) is 9.65. The fraction of sp³-hybridized carbons (Fsp3) is 0.348. The maximum absolute atomic E-state index is 12.5. The minimum Gasteiger partial charge on any atom is -0.464 e. The van der Waals surface area contributed by atoms with Crippen molar-refractivity contribution in [2.75, 3.05) is 10.6 Å². The third kappa shape index (κ3) is 3.49. The second kappa shape index (κ2) is 7.50. The number of nitrogens with two attached hydrogens (primary N) is 1. The molecule has 168 valence electrons. The predicted octanol–water partition coefficient (Wildman–Crippen LogP) is 3.92. The van der Waals surface area contributed by atoms with Crippen molar-refractivity contribution >= 4 is 34.6 Å². The highest BCUT2D eigenvalue weighted by molar-refractivity contribution is 6.32. The van der Waals surface area contributed by atoms with Crippen LogP contribution in [-0.4, -0.2) is 10.9 Å². The first-order valence-corrected chi connectivity index (χ1v) is 10.6. The Balaban J connectivity index is 1.72. The van der Waals surface area contributed by atoms with Crippen molar-refractivity contribution in [3.05, 3.63) is 71.9 Å². The average molecular weight is 457 g/mol. The molecular formula is C23H25ClN4O4. The van der Waals surface area contributed by atoms with E-state index in [0.29, 0.717) is 27.6 Å². The minimum absolute atomic E-state index is 0.0945. The van der Waals surface area contributed by atoms with Crippen molar-refractivity contribution in [1.82, 2.24) is 5.01 Å². The van der Waals surface area contributed by atoms with Crippen LogP contribution < -0.4 is 27.3 Å². The summed E-state index contributed by atoms with van der Waals surface area (Å²) in [5.41, 5.74) is 0.874. The molecule has 0 fully saturated rings. The van der Waals surface area contributed by atoms with Crippen LogP contribution in [0.2, 0.25) is 5.02 Å². The van der Waals surface area contributed by atoms with Gasteiger partial charge < -0.3 is 15.1 Å². The molecule has 0 aliphatic carbocycles. The number of fused-ring (bicyclic) bond motifs is 1. The molecule has 0 saturated heterocycles. The van der Waals surface area contributed by atoms with Gasteiger partial charge in [-0.1, -0.05) is 32.4 Å². The Morgan fingerprint density at radius 2 is 1.78 bits per heavy atom. The van der Waals surface area contributed by atoms with Crippen LogP contribution >= 0.6 is 11.6 Å². The van der Waals surface area contributed by atoms with Crippen LogP contribution in [0.3, 0.4) is 0 Å². The highest BCUT2D eigenvalue weighted by Gasteiger charge is 2.35. The number of nitrogens with zero attached hydrogens (tertiary/aromatic N) is 1. The Morgan fingerprint density at radius 1 is 1.12 bits per heavy atom. The van der Waals surface area contributed by atoms with Crippen LogP contribution in [0.25, 0.3) is 0 Å². The number of rotatable bonds is 5. The van der Waals surface area contributed by atoms with E-state index in [0.717, 1.165) is 16.3 Å². The molecule has 32 heavy (non-hydrogen) atoms. The van der Waals surface area contributed by atoms with Crippen LogP contribution in [0.1, 0.15) is 59.8 Å². The number of anilines is 3. The molecular weight excluding hydrogens is 432 g/mol. The molecule has 9 heteroatoms. The zero-order valence-corrected chi connectivity index (χ0v) is 19.3. The van der Waals surface area contributed by atoms with E-state index in [1.165, 1.54) is 0 Å². The number of benzene rings is 1. The standard InChI is InChI=1S/C23H25ClN4O4/c1-10-8-15(32-11(10)2)21(23(3,4)5)27-18-17(19(29)20(18)30)26-14-7-6-13(24)12-9-28(25)22(31)16(12)14/h6-8,21,26-27H,9,25H2,1-5H3. The molecule has 8 nitrogen and oxygen atoms in total. The van der Waals surface area contributed by atoms with Gasteiger partial charge in [0.05, 0.1) is 23.8 Å². The van der Waals surface area contributed by atoms with Crippen molar-refractivity contribution in [3.63, 3.8) is 0 Å². The van der Waals surface area contributed by atoms with Gasteiger partial charge in [0.25, 0.3) is 16.8 Å². The minimum atomic E-state index is -0.661. The second-order valence-electron chi connectivity index (χ2n) is 9.25. The summed E-state index contributed by atoms with van der Waals surface area (Å²) < 4.78 is 5.91. The van der Waals surface area contributed by atoms with Crippen molar-refractivity contribution in [1.29, 1.82) is 0 Å². The van der Waals surface area contributed by atoms with Gasteiger partial charge in [-0.3, -0.25) is 19.4 Å². The van der Waals surface area contributed by atoms with Gasteiger partial charge in [-0.15, -0.1) is 0 Å². The topological polar surface area (TPSA) is 118 Å². The number of halogens is 1. The lowest BCUT2D eigenvalue weighted by Gasteiger charge is -2.31. The summed E-state index contributed by atoms with van der Waals surface area (Å²) in [4.78, 5) is 37.4. The molecule has 0 radical (unpaired) electrons. The first kappa shape index (κ1) is 22.1. The number of hydrogen-bond acceptors (Lipinski definition) is 7. The van der Waals surface area contributed by atoms with E-state index in [9.17, 15) is 14.4 Å². The highest BCUT2D eigenvalue weighted by Crippen LogP contribution is 2.39. The lowest BCUT2D eigenvalue weighted by Crippen LogP contribution is -2.39. The average Bonchev–Trinajstić information content (AvgIpc) is 3.20. The molecule has 1 amide bonds. The lowest BCUT2D eigenvalue weighted by atomic mass is 9.84. The normalized spacial score (nSPS) is 14.7. The Morgan fingerprint density at radius 3 is 2.38 bits per heavy atom. The molecule has 1 aliphatic rings. The summed E-state index contributed by atoms with van der Waals surface area (Å²) in [5.74, 6) is 6.81. The largest absolute Gasteiger partial charge is 0.464 e. The summed E-state index contributed by atoms with van der Waals surface area (Å²) in [5, 5.41) is 7.64. The highest BCUT2D eigenvalue weighted by atomic mass is 35.5. The third-order valence-electron chi connectivity index (χ3n) is 5.85. The summed E-state index contributed by atoms with van der Waals surface area (Å²) in [6.45, 7) is 10.0. The molecule has 1 atom stereocenters. The molecule has 0 spiro atoms. The van der Waals surface area contributed by atoms with E-state index in [1.54, 1.807) is 12.1 Å². The Kier molecular flexibility index (Phi) is 5.18. The fourth-order valence-electron chi connectivity index (χ4n) is 3.90. The van der Waals surface area contributed by atoms with Crippen molar-refractivity contribution < 1.29 is 9.21 Å². The molecule has 1 unspecified atom stereocenters. The molecule has 0 bridgehead atoms. The number of furan rings is 1. The van der Waals surface area contributed by atoms with Gasteiger partial charge in [0, 0.05) is 10.6 Å². The number of hydrazine groups is 1. The molecule has 0 saturated carbocycles. The number of carbonyl (C=O) groups is 1. The zero-order valence-electron chi connectivity index (χ0n) is 18.6. The number of aryl methyl sites for hydroxylation is 2. The Labute approximate surface area is 190 Å². The first-order chi connectivity index (χ1) is 14.9. The van der Waals surface area contributed by atoms with E-state index in [4.69, 9.17) is 21.9 Å². The van der Waals surface area contributed by atoms with Crippen molar-refractivity contribution in [2.24, 2.45) is 11.3 Å². The van der Waals surface area contributed by atoms with Gasteiger partial charge in [0.1, 0.15) is 22.9 Å². The van der Waals surface area contributed by atoms with Crippen LogP contribution in [0.15, 0.2) is 32.2 Å². The number of carbonyl (C=O) groups excluding carboxylic acids is 1. The van der Waals surface area contributed by atoms with Gasteiger partial charge in [-0.05, 0) is 43.0 Å². The van der Waals surface area contributed by atoms with E-state index in [2.05, 4.69) is 10.6 Å². The molecule has 2 aromatic carbocycles. The van der Waals surface area contributed by atoms with Gasteiger partial charge in [0.2, 0.25) is 0 Å². The predicted molar refractivity (Wildman–Crippen MR) is 124 cm³/mol. The van der Waals surface area contributed by atoms with Gasteiger partial charge in [-0.2, -0.15) is 0 Å². The van der Waals surface area contributed by atoms with Crippen molar-refractivity contribution in [3.8, 4) is 0 Å². The lowest BCUT2D eigenvalue weighted by molar-refractivity contribution is 0.0779. The van der Waals surface area contributed by atoms with Crippen molar-refractivity contribution in [2.45, 2.75) is 47.2 Å². The quantitative estimate of drug-likeness (QED) is 0.302. The van der Waals surface area contributed by atoms with E-state index >= 15 is 0 Å².